The molecule has 0 aliphatic carbocycles. The number of benzene rings is 1. The molecule has 0 fully saturated rings. The molecule has 0 bridgehead atoms. The Kier molecular flexibility index (Phi) is 9.42. The van der Waals surface area contributed by atoms with Crippen molar-refractivity contribution < 1.29 is 0 Å². The summed E-state index contributed by atoms with van der Waals surface area (Å²) in [6.45, 7) is 10.2. The van der Waals surface area contributed by atoms with Crippen molar-refractivity contribution in [3.8, 4) is 0 Å². The van der Waals surface area contributed by atoms with Crippen molar-refractivity contribution in [3.63, 3.8) is 0 Å². The van der Waals surface area contributed by atoms with Gasteiger partial charge in [-0.3, -0.25) is 4.99 Å². The van der Waals surface area contributed by atoms with Gasteiger partial charge in [0.2, 0.25) is 0 Å². The quantitative estimate of drug-likeness (QED) is 0.372. The molecule has 0 saturated heterocycles. The summed E-state index contributed by atoms with van der Waals surface area (Å²) in [6.07, 6.45) is 0.910. The standard InChI is InChI=1S/C19H28N4S.HI/c1-13(2)18-23-17(12-24-18)8-9-21-19(20-5)22-11-16-7-6-14(3)10-15(16)4;/h6-7,10,12-13H,8-9,11H2,1-5H3,(H2,20,21,22);1H. The van der Waals surface area contributed by atoms with Crippen molar-refractivity contribution in [1.29, 1.82) is 0 Å². The van der Waals surface area contributed by atoms with Gasteiger partial charge in [0.1, 0.15) is 0 Å². The van der Waals surface area contributed by atoms with Crippen LogP contribution in [-0.2, 0) is 13.0 Å². The third-order valence-electron chi connectivity index (χ3n) is 3.90. The fraction of sp³-hybridized carbons (Fsp3) is 0.474. The maximum atomic E-state index is 4.66. The van der Waals surface area contributed by atoms with Crippen LogP contribution in [0.3, 0.4) is 0 Å². The van der Waals surface area contributed by atoms with Gasteiger partial charge in [0.05, 0.1) is 10.7 Å². The van der Waals surface area contributed by atoms with Gasteiger partial charge in [0.15, 0.2) is 5.96 Å². The van der Waals surface area contributed by atoms with Crippen molar-refractivity contribution in [1.82, 2.24) is 15.6 Å². The summed E-state index contributed by atoms with van der Waals surface area (Å²) in [5.74, 6) is 1.33. The van der Waals surface area contributed by atoms with Crippen LogP contribution in [0.25, 0.3) is 0 Å². The number of hydrogen-bond acceptors (Lipinski definition) is 3. The highest BCUT2D eigenvalue weighted by atomic mass is 127. The van der Waals surface area contributed by atoms with Gasteiger partial charge in [-0.1, -0.05) is 37.6 Å². The molecule has 0 aliphatic heterocycles. The Hall–Kier alpha value is -1.15. The van der Waals surface area contributed by atoms with E-state index >= 15 is 0 Å². The van der Waals surface area contributed by atoms with E-state index in [9.17, 15) is 0 Å². The summed E-state index contributed by atoms with van der Waals surface area (Å²) in [4.78, 5) is 8.96. The summed E-state index contributed by atoms with van der Waals surface area (Å²) < 4.78 is 0. The molecule has 2 rings (SSSR count). The van der Waals surface area contributed by atoms with Crippen LogP contribution in [0.15, 0.2) is 28.6 Å². The first-order valence-corrected chi connectivity index (χ1v) is 9.32. The Morgan fingerprint density at radius 2 is 2.00 bits per heavy atom. The minimum absolute atomic E-state index is 0. The highest BCUT2D eigenvalue weighted by molar-refractivity contribution is 14.0. The van der Waals surface area contributed by atoms with E-state index in [1.54, 1.807) is 18.4 Å². The monoisotopic (exact) mass is 472 g/mol. The zero-order valence-electron chi connectivity index (χ0n) is 15.7. The summed E-state index contributed by atoms with van der Waals surface area (Å²) in [6, 6.07) is 6.53. The van der Waals surface area contributed by atoms with Crippen molar-refractivity contribution in [2.75, 3.05) is 13.6 Å². The van der Waals surface area contributed by atoms with Crippen LogP contribution in [0.1, 0.15) is 47.2 Å². The fourth-order valence-corrected chi connectivity index (χ4v) is 3.32. The molecule has 0 unspecified atom stereocenters. The minimum atomic E-state index is 0. The predicted octanol–water partition coefficient (Wildman–Crippen LogP) is 4.41. The summed E-state index contributed by atoms with van der Waals surface area (Å²) in [5, 5.41) is 10.1. The second kappa shape index (κ2) is 10.8. The third-order valence-corrected chi connectivity index (χ3v) is 5.10. The molecule has 2 N–H and O–H groups in total. The van der Waals surface area contributed by atoms with Crippen LogP contribution < -0.4 is 10.6 Å². The molecule has 0 aliphatic rings. The Morgan fingerprint density at radius 3 is 2.60 bits per heavy atom. The molecule has 0 saturated carbocycles. The molecule has 1 aromatic carbocycles. The smallest absolute Gasteiger partial charge is 0.191 e. The summed E-state index contributed by atoms with van der Waals surface area (Å²) in [7, 11) is 1.80. The molecule has 1 aromatic heterocycles. The number of aryl methyl sites for hydroxylation is 2. The van der Waals surface area contributed by atoms with Gasteiger partial charge in [-0.2, -0.15) is 0 Å². The largest absolute Gasteiger partial charge is 0.356 e. The average Bonchev–Trinajstić information content (AvgIpc) is 3.01. The number of aromatic nitrogens is 1. The molecule has 0 spiro atoms. The number of hydrogen-bond donors (Lipinski definition) is 2. The lowest BCUT2D eigenvalue weighted by Gasteiger charge is -2.13. The molecule has 0 radical (unpaired) electrons. The number of nitrogens with one attached hydrogen (secondary N) is 2. The van der Waals surface area contributed by atoms with Crippen LogP contribution in [0.5, 0.6) is 0 Å². The molecule has 138 valence electrons. The lowest BCUT2D eigenvalue weighted by atomic mass is 10.1. The van der Waals surface area contributed by atoms with Gasteiger partial charge >= 0.3 is 0 Å². The zero-order valence-corrected chi connectivity index (χ0v) is 18.9. The maximum absolute atomic E-state index is 4.66. The molecule has 1 heterocycles. The molecule has 2 aromatic rings. The van der Waals surface area contributed by atoms with E-state index in [0.717, 1.165) is 31.2 Å². The van der Waals surface area contributed by atoms with E-state index in [4.69, 9.17) is 0 Å². The molecular formula is C19H29IN4S. The van der Waals surface area contributed by atoms with Crippen LogP contribution in [0.4, 0.5) is 0 Å². The molecule has 0 atom stereocenters. The maximum Gasteiger partial charge on any atom is 0.191 e. The summed E-state index contributed by atoms with van der Waals surface area (Å²) >= 11 is 1.75. The van der Waals surface area contributed by atoms with E-state index in [-0.39, 0.29) is 24.0 Å². The topological polar surface area (TPSA) is 49.3 Å². The molecular weight excluding hydrogens is 443 g/mol. The van der Waals surface area contributed by atoms with Gasteiger partial charge in [0.25, 0.3) is 0 Å². The Labute approximate surface area is 172 Å². The number of thiazole rings is 1. The predicted molar refractivity (Wildman–Crippen MR) is 119 cm³/mol. The van der Waals surface area contributed by atoms with E-state index in [1.807, 2.05) is 0 Å². The Balaban J connectivity index is 0.00000312. The van der Waals surface area contributed by atoms with E-state index in [1.165, 1.54) is 21.7 Å². The first kappa shape index (κ1) is 21.9. The first-order valence-electron chi connectivity index (χ1n) is 8.44. The van der Waals surface area contributed by atoms with Crippen molar-refractivity contribution in [2.45, 2.75) is 46.6 Å². The normalized spacial score (nSPS) is 11.4. The van der Waals surface area contributed by atoms with Crippen molar-refractivity contribution in [2.24, 2.45) is 4.99 Å². The number of guanidine groups is 1. The second-order valence-electron chi connectivity index (χ2n) is 6.36. The van der Waals surface area contributed by atoms with Gasteiger partial charge in [0, 0.05) is 37.9 Å². The van der Waals surface area contributed by atoms with Gasteiger partial charge in [-0.15, -0.1) is 35.3 Å². The zero-order chi connectivity index (χ0) is 17.5. The second-order valence-corrected chi connectivity index (χ2v) is 7.25. The SMILES string of the molecule is CN=C(NCCc1csc(C(C)C)n1)NCc1ccc(C)cc1C.I. The van der Waals surface area contributed by atoms with Crippen LogP contribution in [0.2, 0.25) is 0 Å². The van der Waals surface area contributed by atoms with Crippen LogP contribution in [0, 0.1) is 13.8 Å². The van der Waals surface area contributed by atoms with Gasteiger partial charge in [-0.05, 0) is 25.0 Å². The van der Waals surface area contributed by atoms with Crippen LogP contribution >= 0.6 is 35.3 Å². The lowest BCUT2D eigenvalue weighted by molar-refractivity contribution is 0.776. The number of aliphatic imine (C=N–C) groups is 1. The molecule has 0 amide bonds. The minimum Gasteiger partial charge on any atom is -0.356 e. The highest BCUT2D eigenvalue weighted by Crippen LogP contribution is 2.19. The molecule has 4 nitrogen and oxygen atoms in total. The van der Waals surface area contributed by atoms with Crippen molar-refractivity contribution >= 4 is 41.3 Å². The number of nitrogens with zero attached hydrogens (tertiary/aromatic N) is 2. The summed E-state index contributed by atoms with van der Waals surface area (Å²) in [5.41, 5.74) is 5.05. The third kappa shape index (κ3) is 6.93. The number of rotatable bonds is 6. The number of halogens is 1. The highest BCUT2D eigenvalue weighted by Gasteiger charge is 2.06. The Morgan fingerprint density at radius 1 is 1.24 bits per heavy atom. The van der Waals surface area contributed by atoms with Gasteiger partial charge in [-0.25, -0.2) is 4.98 Å². The lowest BCUT2D eigenvalue weighted by Crippen LogP contribution is -2.38. The van der Waals surface area contributed by atoms with E-state index < -0.39 is 0 Å². The first-order chi connectivity index (χ1) is 11.5. The molecule has 25 heavy (non-hydrogen) atoms. The van der Waals surface area contributed by atoms with Crippen LogP contribution in [-0.4, -0.2) is 24.5 Å². The fourth-order valence-electron chi connectivity index (χ4n) is 2.46. The molecule has 6 heteroatoms. The van der Waals surface area contributed by atoms with Gasteiger partial charge < -0.3 is 10.6 Å². The van der Waals surface area contributed by atoms with E-state index in [2.05, 4.69) is 71.9 Å². The average molecular weight is 472 g/mol. The van der Waals surface area contributed by atoms with E-state index in [0.29, 0.717) is 5.92 Å². The van der Waals surface area contributed by atoms with Crippen molar-refractivity contribution in [3.05, 3.63) is 51.0 Å². The Bertz CT molecular complexity index is 694.